The molecule has 0 aliphatic rings. The van der Waals surface area contributed by atoms with E-state index in [1.807, 2.05) is 48.5 Å². The van der Waals surface area contributed by atoms with Crippen LogP contribution in [0.2, 0.25) is 0 Å². The second-order valence-electron chi connectivity index (χ2n) is 6.12. The van der Waals surface area contributed by atoms with Gasteiger partial charge in [-0.05, 0) is 41.3 Å². The van der Waals surface area contributed by atoms with Gasteiger partial charge in [-0.15, -0.1) is 0 Å². The Bertz CT molecular complexity index is 645. The van der Waals surface area contributed by atoms with Crippen LogP contribution in [0.5, 0.6) is 5.75 Å². The maximum Gasteiger partial charge on any atom is 0.262 e. The summed E-state index contributed by atoms with van der Waals surface area (Å²) in [6, 6.07) is 15.3. The lowest BCUT2D eigenvalue weighted by atomic mass is 9.87. The predicted molar refractivity (Wildman–Crippen MR) is 93.4 cm³/mol. The smallest absolute Gasteiger partial charge is 0.262 e. The molecule has 2 rings (SSSR count). The number of rotatable bonds is 4. The summed E-state index contributed by atoms with van der Waals surface area (Å²) in [5, 5.41) is 2.83. The van der Waals surface area contributed by atoms with Gasteiger partial charge in [-0.2, -0.15) is 0 Å². The van der Waals surface area contributed by atoms with E-state index in [1.165, 1.54) is 5.56 Å². The second kappa shape index (κ2) is 6.97. The summed E-state index contributed by atoms with van der Waals surface area (Å²) in [6.45, 7) is 6.46. The third-order valence-corrected chi connectivity index (χ3v) is 3.69. The highest BCUT2D eigenvalue weighted by Crippen LogP contribution is 2.23. The summed E-state index contributed by atoms with van der Waals surface area (Å²) in [6.07, 6.45) is 0. The molecule has 0 atom stereocenters. The summed E-state index contributed by atoms with van der Waals surface area (Å²) < 4.78 is 6.38. The van der Waals surface area contributed by atoms with Crippen molar-refractivity contribution in [2.45, 2.75) is 26.2 Å². The molecule has 0 unspecified atom stereocenters. The van der Waals surface area contributed by atoms with E-state index in [4.69, 9.17) is 4.74 Å². The van der Waals surface area contributed by atoms with Crippen molar-refractivity contribution in [3.8, 4) is 5.75 Å². The topological polar surface area (TPSA) is 38.3 Å². The normalized spacial score (nSPS) is 11.1. The average molecular weight is 362 g/mol. The molecule has 0 radical (unpaired) electrons. The molecule has 0 fully saturated rings. The number of carbonyl (C=O) groups is 1. The SMILES string of the molecule is CC(C)(C)c1ccc(NC(=O)COc2cccc(Br)c2)cc1. The number of halogens is 1. The van der Waals surface area contributed by atoms with Crippen LogP contribution in [-0.4, -0.2) is 12.5 Å². The van der Waals surface area contributed by atoms with Gasteiger partial charge in [-0.25, -0.2) is 0 Å². The Morgan fingerprint density at radius 3 is 2.41 bits per heavy atom. The Morgan fingerprint density at radius 1 is 1.14 bits per heavy atom. The van der Waals surface area contributed by atoms with Gasteiger partial charge < -0.3 is 10.1 Å². The minimum atomic E-state index is -0.177. The average Bonchev–Trinajstić information content (AvgIpc) is 2.45. The Kier molecular flexibility index (Phi) is 5.24. The van der Waals surface area contributed by atoms with E-state index in [0.717, 1.165) is 10.2 Å². The standard InChI is InChI=1S/C18H20BrNO2/c1-18(2,3)13-7-9-15(10-8-13)20-17(21)12-22-16-6-4-5-14(19)11-16/h4-11H,12H2,1-3H3,(H,20,21). The zero-order valence-electron chi connectivity index (χ0n) is 13.0. The maximum absolute atomic E-state index is 11.9. The van der Waals surface area contributed by atoms with Crippen LogP contribution in [0, 0.1) is 0 Å². The van der Waals surface area contributed by atoms with Gasteiger partial charge in [0, 0.05) is 10.2 Å². The molecule has 22 heavy (non-hydrogen) atoms. The quantitative estimate of drug-likeness (QED) is 0.851. The maximum atomic E-state index is 11.9. The molecule has 1 N–H and O–H groups in total. The van der Waals surface area contributed by atoms with Gasteiger partial charge in [-0.1, -0.05) is 54.9 Å². The molecule has 116 valence electrons. The number of nitrogens with one attached hydrogen (secondary N) is 1. The molecule has 0 bridgehead atoms. The molecule has 0 heterocycles. The first-order valence-electron chi connectivity index (χ1n) is 7.13. The fourth-order valence-electron chi connectivity index (χ4n) is 1.96. The van der Waals surface area contributed by atoms with Crippen molar-refractivity contribution in [3.05, 3.63) is 58.6 Å². The first kappa shape index (κ1) is 16.6. The molecule has 4 heteroatoms. The Balaban J connectivity index is 1.89. The third-order valence-electron chi connectivity index (χ3n) is 3.20. The molecular formula is C18H20BrNO2. The highest BCUT2D eigenvalue weighted by molar-refractivity contribution is 9.10. The Hall–Kier alpha value is -1.81. The zero-order valence-corrected chi connectivity index (χ0v) is 14.6. The second-order valence-corrected chi connectivity index (χ2v) is 7.04. The summed E-state index contributed by atoms with van der Waals surface area (Å²) in [5.74, 6) is 0.482. The van der Waals surface area contributed by atoms with E-state index >= 15 is 0 Å². The van der Waals surface area contributed by atoms with Crippen molar-refractivity contribution < 1.29 is 9.53 Å². The van der Waals surface area contributed by atoms with Crippen LogP contribution in [0.15, 0.2) is 53.0 Å². The van der Waals surface area contributed by atoms with Gasteiger partial charge in [0.15, 0.2) is 6.61 Å². The number of carbonyl (C=O) groups excluding carboxylic acids is 1. The van der Waals surface area contributed by atoms with Crippen molar-refractivity contribution >= 4 is 27.5 Å². The minimum Gasteiger partial charge on any atom is -0.484 e. The van der Waals surface area contributed by atoms with Gasteiger partial charge in [0.25, 0.3) is 5.91 Å². The van der Waals surface area contributed by atoms with Crippen molar-refractivity contribution in [1.29, 1.82) is 0 Å². The highest BCUT2D eigenvalue weighted by Gasteiger charge is 2.13. The van der Waals surface area contributed by atoms with Gasteiger partial charge in [-0.3, -0.25) is 4.79 Å². The molecular weight excluding hydrogens is 342 g/mol. The van der Waals surface area contributed by atoms with E-state index < -0.39 is 0 Å². The van der Waals surface area contributed by atoms with Crippen LogP contribution in [0.25, 0.3) is 0 Å². The Labute approximate surface area is 139 Å². The monoisotopic (exact) mass is 361 g/mol. The number of hydrogen-bond donors (Lipinski definition) is 1. The third kappa shape index (κ3) is 4.88. The Morgan fingerprint density at radius 2 is 1.82 bits per heavy atom. The van der Waals surface area contributed by atoms with E-state index in [0.29, 0.717) is 5.75 Å². The van der Waals surface area contributed by atoms with Crippen LogP contribution in [0.1, 0.15) is 26.3 Å². The van der Waals surface area contributed by atoms with Crippen LogP contribution in [0.4, 0.5) is 5.69 Å². The predicted octanol–water partition coefficient (Wildman–Crippen LogP) is 4.76. The van der Waals surface area contributed by atoms with Crippen LogP contribution < -0.4 is 10.1 Å². The fraction of sp³-hybridized carbons (Fsp3) is 0.278. The van der Waals surface area contributed by atoms with E-state index in [1.54, 1.807) is 0 Å². The minimum absolute atomic E-state index is 0.0164. The summed E-state index contributed by atoms with van der Waals surface area (Å²) in [4.78, 5) is 11.9. The van der Waals surface area contributed by atoms with E-state index in [-0.39, 0.29) is 17.9 Å². The number of anilines is 1. The van der Waals surface area contributed by atoms with Crippen LogP contribution in [-0.2, 0) is 10.2 Å². The molecule has 3 nitrogen and oxygen atoms in total. The first-order chi connectivity index (χ1) is 10.3. The van der Waals surface area contributed by atoms with Crippen molar-refractivity contribution in [3.63, 3.8) is 0 Å². The van der Waals surface area contributed by atoms with Crippen molar-refractivity contribution in [1.82, 2.24) is 0 Å². The summed E-state index contributed by atoms with van der Waals surface area (Å²) >= 11 is 3.37. The number of benzene rings is 2. The van der Waals surface area contributed by atoms with Crippen LogP contribution in [0.3, 0.4) is 0 Å². The fourth-order valence-corrected chi connectivity index (χ4v) is 2.33. The lowest BCUT2D eigenvalue weighted by molar-refractivity contribution is -0.118. The first-order valence-corrected chi connectivity index (χ1v) is 7.93. The van der Waals surface area contributed by atoms with Gasteiger partial charge >= 0.3 is 0 Å². The molecule has 1 amide bonds. The molecule has 0 spiro atoms. The van der Waals surface area contributed by atoms with Crippen molar-refractivity contribution in [2.24, 2.45) is 0 Å². The number of ether oxygens (including phenoxy) is 1. The van der Waals surface area contributed by atoms with Crippen LogP contribution >= 0.6 is 15.9 Å². The summed E-state index contributed by atoms with van der Waals surface area (Å²) in [7, 11) is 0. The molecule has 0 aromatic heterocycles. The molecule has 2 aromatic rings. The lowest BCUT2D eigenvalue weighted by Gasteiger charge is -2.19. The number of amides is 1. The summed E-state index contributed by atoms with van der Waals surface area (Å²) in [5.41, 5.74) is 2.11. The molecule has 0 aliphatic heterocycles. The number of hydrogen-bond acceptors (Lipinski definition) is 2. The highest BCUT2D eigenvalue weighted by atomic mass is 79.9. The largest absolute Gasteiger partial charge is 0.484 e. The lowest BCUT2D eigenvalue weighted by Crippen LogP contribution is -2.20. The zero-order chi connectivity index (χ0) is 16.2. The van der Waals surface area contributed by atoms with Crippen molar-refractivity contribution in [2.75, 3.05) is 11.9 Å². The van der Waals surface area contributed by atoms with E-state index in [2.05, 4.69) is 42.0 Å². The van der Waals surface area contributed by atoms with Gasteiger partial charge in [0.1, 0.15) is 5.75 Å². The molecule has 0 saturated heterocycles. The molecule has 0 aliphatic carbocycles. The molecule has 0 saturated carbocycles. The van der Waals surface area contributed by atoms with Gasteiger partial charge in [0.05, 0.1) is 0 Å². The van der Waals surface area contributed by atoms with E-state index in [9.17, 15) is 4.79 Å². The molecule has 2 aromatic carbocycles. The van der Waals surface area contributed by atoms with Gasteiger partial charge in [0.2, 0.25) is 0 Å².